The average molecular weight is 1390 g/mol. The van der Waals surface area contributed by atoms with Crippen LogP contribution in [0.1, 0.15) is 414 Å². The highest BCUT2D eigenvalue weighted by Gasteiger charge is 2.51. The molecule has 0 aromatic rings. The van der Waals surface area contributed by atoms with Gasteiger partial charge in [-0.1, -0.05) is 311 Å². The van der Waals surface area contributed by atoms with Crippen LogP contribution in [0.5, 0.6) is 0 Å². The van der Waals surface area contributed by atoms with Crippen molar-refractivity contribution in [2.45, 2.75) is 469 Å². The highest BCUT2D eigenvalue weighted by Crippen LogP contribution is 2.29. The number of rotatable bonds is 71. The highest BCUT2D eigenvalue weighted by molar-refractivity contribution is 5.78. The summed E-state index contributed by atoms with van der Waals surface area (Å²) >= 11 is 0. The Morgan fingerprint density at radius 1 is 0.378 bits per heavy atom. The zero-order valence-corrected chi connectivity index (χ0v) is 64.1. The number of esters is 4. The van der Waals surface area contributed by atoms with E-state index in [4.69, 9.17) is 33.3 Å². The molecule has 576 valence electrons. The Hall–Kier alpha value is -3.38. The Labute approximate surface area is 598 Å². The predicted octanol–water partition coefficient (Wildman–Crippen LogP) is 20.6. The lowest BCUT2D eigenvalue weighted by atomic mass is 9.95. The molecule has 0 saturated carbocycles. The molecule has 8 unspecified atom stereocenters. The van der Waals surface area contributed by atoms with E-state index in [2.05, 4.69) is 52.2 Å². The van der Waals surface area contributed by atoms with Crippen LogP contribution in [-0.4, -0.2) is 114 Å². The number of amides is 2. The van der Waals surface area contributed by atoms with Crippen LogP contribution >= 0.6 is 0 Å². The minimum atomic E-state index is -1.53. The van der Waals surface area contributed by atoms with Gasteiger partial charge >= 0.3 is 23.9 Å². The number of aliphatic hydroxyl groups excluding tert-OH is 1. The van der Waals surface area contributed by atoms with Crippen LogP contribution in [0.4, 0.5) is 0 Å². The molecule has 1 rings (SSSR count). The second kappa shape index (κ2) is 66.8. The van der Waals surface area contributed by atoms with Crippen molar-refractivity contribution in [3.63, 3.8) is 0 Å². The molecule has 0 aromatic carbocycles. The molecule has 1 fully saturated rings. The van der Waals surface area contributed by atoms with Gasteiger partial charge in [-0.15, -0.1) is 0 Å². The molecule has 0 aliphatic carbocycles. The lowest BCUT2D eigenvalue weighted by Gasteiger charge is -2.44. The van der Waals surface area contributed by atoms with E-state index in [1.807, 2.05) is 0 Å². The summed E-state index contributed by atoms with van der Waals surface area (Å²) in [6.07, 6.45) is 45.4. The van der Waals surface area contributed by atoms with Crippen LogP contribution in [-0.2, 0) is 62.1 Å². The molecule has 17 heteroatoms. The summed E-state index contributed by atoms with van der Waals surface area (Å²) in [5.74, 6) is -2.75. The van der Waals surface area contributed by atoms with Gasteiger partial charge < -0.3 is 44.2 Å². The first kappa shape index (κ1) is 92.6. The van der Waals surface area contributed by atoms with Crippen LogP contribution in [0.3, 0.4) is 0 Å². The smallest absolute Gasteiger partial charge is 0.310 e. The van der Waals surface area contributed by atoms with Crippen molar-refractivity contribution < 1.29 is 72.4 Å². The largest absolute Gasteiger partial charge is 0.462 e. The summed E-state index contributed by atoms with van der Waals surface area (Å²) in [7, 11) is 0. The topological polar surface area (TPSA) is 232 Å². The van der Waals surface area contributed by atoms with E-state index in [0.29, 0.717) is 38.5 Å². The van der Waals surface area contributed by atoms with Crippen LogP contribution in [0.15, 0.2) is 0 Å². The monoisotopic (exact) mass is 1390 g/mol. The van der Waals surface area contributed by atoms with E-state index < -0.39 is 73.5 Å². The van der Waals surface area contributed by atoms with Crippen LogP contribution in [0, 0.1) is 0 Å². The molecular formula is C81H152N2O15. The number of ether oxygens (including phenoxy) is 6. The molecular weight excluding hydrogens is 1240 g/mol. The minimum absolute atomic E-state index is 0.0404. The molecule has 4 N–H and O–H groups in total. The fraction of sp³-hybridized carbons (Fsp3) is 0.926. The fourth-order valence-corrected chi connectivity index (χ4v) is 13.3. The normalized spacial score (nSPS) is 17.4. The lowest BCUT2D eigenvalue weighted by Crippen LogP contribution is -2.66. The minimum Gasteiger partial charge on any atom is -0.462 e. The number of aliphatic hydroxyl groups is 1. The number of hydrogen-bond acceptors (Lipinski definition) is 15. The molecule has 1 saturated heterocycles. The average Bonchev–Trinajstić information content (AvgIpc) is 0.793. The molecule has 0 aromatic heterocycles. The van der Waals surface area contributed by atoms with Gasteiger partial charge in [0.2, 0.25) is 11.8 Å². The Morgan fingerprint density at radius 2 is 0.673 bits per heavy atom. The molecule has 9 atom stereocenters. The molecule has 2 amide bonds. The first-order valence-electron chi connectivity index (χ1n) is 41.3. The summed E-state index contributed by atoms with van der Waals surface area (Å²) in [5, 5.41) is 27.5. The first-order valence-corrected chi connectivity index (χ1v) is 41.3. The van der Waals surface area contributed by atoms with Gasteiger partial charge in [0.15, 0.2) is 18.5 Å². The third-order valence-corrected chi connectivity index (χ3v) is 19.4. The fourth-order valence-electron chi connectivity index (χ4n) is 13.3. The summed E-state index contributed by atoms with van der Waals surface area (Å²) in [6, 6.07) is -2.04. The zero-order chi connectivity index (χ0) is 71.7. The van der Waals surface area contributed by atoms with E-state index in [1.54, 1.807) is 6.92 Å². The van der Waals surface area contributed by atoms with Crippen molar-refractivity contribution in [1.82, 2.24) is 10.6 Å². The summed E-state index contributed by atoms with van der Waals surface area (Å²) in [6.45, 7) is 14.1. The zero-order valence-electron chi connectivity index (χ0n) is 64.1. The standard InChI is InChI=1S/C81H152N2O15/c1-8-14-20-26-32-35-41-44-50-56-68(93-74(87)59-53-47-38-29-23-17-11-4)62-72(85)82-67(7)66-92-81-78(83-73(86)63-69(57-51-45-42-36-33-27-21-15-9-2)94-75(88)60-54-48-39-30-24-18-12-5)80(79(98-91)71(65-84)96-81)97-77(90)64-70(58-52-46-43-37-34-28-22-16-10-3)95-76(89)61-55-49-40-31-25-19-13-6/h67-71,78-81,84,91H,8-66H2,1-7H3,(H,82,85)(H,83,86)/t67-,68?,69?,70?,71?,78?,79?,80?,81?/m0/s1. The Balaban J connectivity index is 3.61. The van der Waals surface area contributed by atoms with Crippen LogP contribution in [0.2, 0.25) is 0 Å². The van der Waals surface area contributed by atoms with Gasteiger partial charge in [0.05, 0.1) is 32.5 Å². The van der Waals surface area contributed by atoms with Crippen LogP contribution < -0.4 is 10.6 Å². The molecule has 17 nitrogen and oxygen atoms in total. The number of carbonyl (C=O) groups excluding carboxylic acids is 6. The predicted molar refractivity (Wildman–Crippen MR) is 395 cm³/mol. The number of nitrogens with one attached hydrogen (secondary N) is 2. The number of unbranched alkanes of at least 4 members (excludes halogenated alkanes) is 42. The molecule has 98 heavy (non-hydrogen) atoms. The third-order valence-electron chi connectivity index (χ3n) is 19.4. The molecule has 0 spiro atoms. The van der Waals surface area contributed by atoms with Gasteiger partial charge in [0.25, 0.3) is 0 Å². The summed E-state index contributed by atoms with van der Waals surface area (Å²) in [4.78, 5) is 88.5. The van der Waals surface area contributed by atoms with Gasteiger partial charge in [-0.3, -0.25) is 34.0 Å². The number of carbonyl (C=O) groups is 6. The SMILES string of the molecule is CCCCCCCCCCCC(CC(=O)NC1C(OC[C@H](C)NC(=O)CC(CCCCCCCCCCC)OC(=O)CCCCCCCCC)OC(CO)C(OO)C1OC(=O)CC(CCCCCCCCCCC)OC(=O)CCCCCCCCC)OC(=O)CCCCCCCCC. The van der Waals surface area contributed by atoms with Gasteiger partial charge in [-0.25, -0.2) is 4.89 Å². The van der Waals surface area contributed by atoms with Crippen molar-refractivity contribution in [3.05, 3.63) is 0 Å². The lowest BCUT2D eigenvalue weighted by molar-refractivity contribution is -0.362. The van der Waals surface area contributed by atoms with Gasteiger partial charge in [0, 0.05) is 25.3 Å². The van der Waals surface area contributed by atoms with Gasteiger partial charge in [0.1, 0.15) is 30.5 Å². The van der Waals surface area contributed by atoms with Crippen molar-refractivity contribution in [2.75, 3.05) is 13.2 Å². The quantitative estimate of drug-likeness (QED) is 0.0146. The maximum atomic E-state index is 14.7. The molecule has 1 heterocycles. The van der Waals surface area contributed by atoms with Crippen molar-refractivity contribution in [2.24, 2.45) is 0 Å². The van der Waals surface area contributed by atoms with E-state index in [0.717, 1.165) is 161 Å². The van der Waals surface area contributed by atoms with Gasteiger partial charge in [-0.2, -0.15) is 0 Å². The summed E-state index contributed by atoms with van der Waals surface area (Å²) < 4.78 is 37.3. The van der Waals surface area contributed by atoms with E-state index in [1.165, 1.54) is 135 Å². The second-order valence-corrected chi connectivity index (χ2v) is 29.1. The van der Waals surface area contributed by atoms with Gasteiger partial charge in [-0.05, 0) is 64.7 Å². The first-order chi connectivity index (χ1) is 47.8. The van der Waals surface area contributed by atoms with E-state index in [9.17, 15) is 39.1 Å². The van der Waals surface area contributed by atoms with E-state index in [-0.39, 0.29) is 62.5 Å². The van der Waals surface area contributed by atoms with Crippen molar-refractivity contribution in [1.29, 1.82) is 0 Å². The van der Waals surface area contributed by atoms with Crippen LogP contribution in [0.25, 0.3) is 0 Å². The molecule has 0 radical (unpaired) electrons. The maximum Gasteiger partial charge on any atom is 0.310 e. The Morgan fingerprint density at radius 3 is 0.990 bits per heavy atom. The summed E-state index contributed by atoms with van der Waals surface area (Å²) in [5.41, 5.74) is 0. The molecule has 1 aliphatic heterocycles. The van der Waals surface area contributed by atoms with Crippen molar-refractivity contribution >= 4 is 35.7 Å². The second-order valence-electron chi connectivity index (χ2n) is 29.1. The molecule has 1 aliphatic rings. The molecule has 0 bridgehead atoms. The third kappa shape index (κ3) is 52.6. The van der Waals surface area contributed by atoms with E-state index >= 15 is 0 Å². The Kier molecular flexibility index (Phi) is 63.2. The maximum absolute atomic E-state index is 14.7. The Bertz CT molecular complexity index is 1890. The number of hydrogen-bond donors (Lipinski definition) is 4. The highest BCUT2D eigenvalue weighted by atomic mass is 17.1. The van der Waals surface area contributed by atoms with Crippen molar-refractivity contribution in [3.8, 4) is 0 Å².